The molecule has 1 aliphatic rings. The number of epoxide rings is 1. The van der Waals surface area contributed by atoms with Crippen molar-refractivity contribution in [1.29, 1.82) is 0 Å². The lowest BCUT2D eigenvalue weighted by Crippen LogP contribution is -2.25. The Labute approximate surface area is 85.4 Å². The highest BCUT2D eigenvalue weighted by molar-refractivity contribution is 5.28. The van der Waals surface area contributed by atoms with Crippen LogP contribution >= 0.6 is 0 Å². The highest BCUT2D eigenvalue weighted by Gasteiger charge is 2.48. The van der Waals surface area contributed by atoms with E-state index in [1.54, 1.807) is 0 Å². The summed E-state index contributed by atoms with van der Waals surface area (Å²) in [4.78, 5) is 0. The maximum Gasteiger partial charge on any atom is 0.103 e. The highest BCUT2D eigenvalue weighted by atomic mass is 16.6. The highest BCUT2D eigenvalue weighted by Crippen LogP contribution is 2.41. The van der Waals surface area contributed by atoms with Gasteiger partial charge in [0.2, 0.25) is 0 Å². The van der Waals surface area contributed by atoms with Crippen LogP contribution in [0.15, 0.2) is 43.0 Å². The summed E-state index contributed by atoms with van der Waals surface area (Å²) >= 11 is 0. The van der Waals surface area contributed by atoms with E-state index in [9.17, 15) is 0 Å². The molecule has 0 aromatic heterocycles. The molecule has 1 nitrogen and oxygen atoms in total. The van der Waals surface area contributed by atoms with Crippen LogP contribution in [0.25, 0.3) is 0 Å². The molecule has 1 aromatic carbocycles. The number of hydrogen-bond acceptors (Lipinski definition) is 1. The zero-order valence-electron chi connectivity index (χ0n) is 8.73. The van der Waals surface area contributed by atoms with E-state index in [4.69, 9.17) is 4.74 Å². The van der Waals surface area contributed by atoms with E-state index in [0.717, 1.165) is 0 Å². The van der Waals surface area contributed by atoms with Gasteiger partial charge in [-0.25, -0.2) is 0 Å². The Morgan fingerprint density at radius 3 is 2.43 bits per heavy atom. The standard InChI is InChI=1S/C13H16O/c1-4-11-12(14-11)13(2,3)10-8-6-5-7-9-10/h4-9,11-12H,1H2,2-3H3/t11-,12-/m0/s1. The Balaban J connectivity index is 2.21. The van der Waals surface area contributed by atoms with E-state index in [1.807, 2.05) is 12.1 Å². The molecule has 0 radical (unpaired) electrons. The van der Waals surface area contributed by atoms with E-state index in [2.05, 4.69) is 44.7 Å². The summed E-state index contributed by atoms with van der Waals surface area (Å²) in [5.74, 6) is 0. The minimum Gasteiger partial charge on any atom is -0.364 e. The predicted octanol–water partition coefficient (Wildman–Crippen LogP) is 2.92. The van der Waals surface area contributed by atoms with Crippen molar-refractivity contribution in [3.05, 3.63) is 48.6 Å². The van der Waals surface area contributed by atoms with Crippen molar-refractivity contribution in [3.8, 4) is 0 Å². The van der Waals surface area contributed by atoms with Crippen LogP contribution in [0.4, 0.5) is 0 Å². The van der Waals surface area contributed by atoms with E-state index >= 15 is 0 Å². The third-order valence-corrected chi connectivity index (χ3v) is 2.99. The Bertz CT molecular complexity index is 326. The lowest BCUT2D eigenvalue weighted by molar-refractivity contribution is 0.313. The molecule has 1 saturated heterocycles. The largest absolute Gasteiger partial charge is 0.364 e. The average Bonchev–Trinajstić information content (AvgIpc) is 2.98. The van der Waals surface area contributed by atoms with Gasteiger partial charge in [-0.3, -0.25) is 0 Å². The molecule has 0 aliphatic carbocycles. The van der Waals surface area contributed by atoms with Crippen molar-refractivity contribution < 1.29 is 4.74 Å². The molecule has 0 spiro atoms. The first-order valence-electron chi connectivity index (χ1n) is 5.00. The Morgan fingerprint density at radius 2 is 1.93 bits per heavy atom. The number of hydrogen-bond donors (Lipinski definition) is 0. The van der Waals surface area contributed by atoms with Gasteiger partial charge >= 0.3 is 0 Å². The van der Waals surface area contributed by atoms with Gasteiger partial charge < -0.3 is 4.74 Å². The summed E-state index contributed by atoms with van der Waals surface area (Å²) < 4.78 is 5.57. The van der Waals surface area contributed by atoms with Crippen LogP contribution in [0.3, 0.4) is 0 Å². The van der Waals surface area contributed by atoms with Gasteiger partial charge in [0.1, 0.15) is 6.10 Å². The number of benzene rings is 1. The molecule has 74 valence electrons. The lowest BCUT2D eigenvalue weighted by Gasteiger charge is -2.22. The first-order chi connectivity index (χ1) is 6.66. The monoisotopic (exact) mass is 188 g/mol. The molecule has 0 unspecified atom stereocenters. The van der Waals surface area contributed by atoms with Gasteiger partial charge in [-0.05, 0) is 5.56 Å². The first kappa shape index (κ1) is 9.47. The van der Waals surface area contributed by atoms with Crippen molar-refractivity contribution in [1.82, 2.24) is 0 Å². The van der Waals surface area contributed by atoms with Crippen LogP contribution < -0.4 is 0 Å². The summed E-state index contributed by atoms with van der Waals surface area (Å²) in [6, 6.07) is 10.5. The van der Waals surface area contributed by atoms with Gasteiger partial charge in [0, 0.05) is 5.41 Å². The molecule has 14 heavy (non-hydrogen) atoms. The molecule has 1 heterocycles. The predicted molar refractivity (Wildman–Crippen MR) is 58.3 cm³/mol. The van der Waals surface area contributed by atoms with Crippen LogP contribution in [0.1, 0.15) is 19.4 Å². The maximum absolute atomic E-state index is 5.57. The second kappa shape index (κ2) is 3.25. The molecular weight excluding hydrogens is 172 g/mol. The summed E-state index contributed by atoms with van der Waals surface area (Å²) in [7, 11) is 0. The van der Waals surface area contributed by atoms with E-state index < -0.39 is 0 Å². The molecule has 0 saturated carbocycles. The maximum atomic E-state index is 5.57. The van der Waals surface area contributed by atoms with Gasteiger partial charge in [0.25, 0.3) is 0 Å². The van der Waals surface area contributed by atoms with Gasteiger partial charge in [-0.1, -0.05) is 50.3 Å². The van der Waals surface area contributed by atoms with Gasteiger partial charge in [0.15, 0.2) is 0 Å². The fourth-order valence-corrected chi connectivity index (χ4v) is 1.92. The SMILES string of the molecule is C=C[C@@H]1O[C@@H]1C(C)(C)c1ccccc1. The first-order valence-corrected chi connectivity index (χ1v) is 5.00. The van der Waals surface area contributed by atoms with Crippen LogP contribution in [0.2, 0.25) is 0 Å². The molecule has 1 aromatic rings. The molecular formula is C13H16O. The van der Waals surface area contributed by atoms with E-state index in [1.165, 1.54) is 5.56 Å². The van der Waals surface area contributed by atoms with E-state index in [0.29, 0.717) is 6.10 Å². The molecule has 1 aliphatic heterocycles. The average molecular weight is 188 g/mol. The van der Waals surface area contributed by atoms with Gasteiger partial charge in [0.05, 0.1) is 6.10 Å². The molecule has 2 atom stereocenters. The quantitative estimate of drug-likeness (QED) is 0.525. The number of rotatable bonds is 3. The fourth-order valence-electron chi connectivity index (χ4n) is 1.92. The Kier molecular flexibility index (Phi) is 2.20. The second-order valence-electron chi connectivity index (χ2n) is 4.34. The lowest BCUT2D eigenvalue weighted by atomic mass is 9.80. The zero-order valence-corrected chi connectivity index (χ0v) is 8.73. The molecule has 2 rings (SSSR count). The van der Waals surface area contributed by atoms with Crippen LogP contribution in [-0.4, -0.2) is 12.2 Å². The summed E-state index contributed by atoms with van der Waals surface area (Å²) in [6.45, 7) is 8.19. The van der Waals surface area contributed by atoms with Crippen molar-refractivity contribution in [2.75, 3.05) is 0 Å². The van der Waals surface area contributed by atoms with Crippen LogP contribution in [0.5, 0.6) is 0 Å². The third-order valence-electron chi connectivity index (χ3n) is 2.99. The van der Waals surface area contributed by atoms with Crippen molar-refractivity contribution in [3.63, 3.8) is 0 Å². The van der Waals surface area contributed by atoms with Gasteiger partial charge in [-0.15, -0.1) is 6.58 Å². The molecule has 0 N–H and O–H groups in total. The van der Waals surface area contributed by atoms with Gasteiger partial charge in [-0.2, -0.15) is 0 Å². The summed E-state index contributed by atoms with van der Waals surface area (Å²) in [5.41, 5.74) is 1.41. The van der Waals surface area contributed by atoms with Crippen molar-refractivity contribution in [2.45, 2.75) is 31.5 Å². The van der Waals surface area contributed by atoms with Crippen LogP contribution in [-0.2, 0) is 10.2 Å². The van der Waals surface area contributed by atoms with Crippen molar-refractivity contribution in [2.24, 2.45) is 0 Å². The Morgan fingerprint density at radius 1 is 1.29 bits per heavy atom. The second-order valence-corrected chi connectivity index (χ2v) is 4.34. The van der Waals surface area contributed by atoms with Crippen LogP contribution in [0, 0.1) is 0 Å². The summed E-state index contributed by atoms with van der Waals surface area (Å²) in [5, 5.41) is 0. The molecule has 1 fully saturated rings. The van der Waals surface area contributed by atoms with Crippen molar-refractivity contribution >= 4 is 0 Å². The Hall–Kier alpha value is -1.08. The third kappa shape index (κ3) is 1.48. The van der Waals surface area contributed by atoms with E-state index in [-0.39, 0.29) is 11.5 Å². The fraction of sp³-hybridized carbons (Fsp3) is 0.385. The zero-order chi connectivity index (χ0) is 10.2. The minimum atomic E-state index is 0.0834. The molecule has 1 heteroatoms. The molecule has 0 amide bonds. The smallest absolute Gasteiger partial charge is 0.103 e. The topological polar surface area (TPSA) is 12.5 Å². The normalized spacial score (nSPS) is 25.9. The molecule has 0 bridgehead atoms. The minimum absolute atomic E-state index is 0.0834. The number of ether oxygens (including phenoxy) is 1. The summed E-state index contributed by atoms with van der Waals surface area (Å²) in [6.07, 6.45) is 2.42.